The van der Waals surface area contributed by atoms with Gasteiger partial charge in [0.15, 0.2) is 6.04 Å². The van der Waals surface area contributed by atoms with E-state index in [-0.39, 0.29) is 20.3 Å². The van der Waals surface area contributed by atoms with Gasteiger partial charge in [0.05, 0.1) is 0 Å². The number of carboxylic acids is 2. The van der Waals surface area contributed by atoms with Crippen molar-refractivity contribution in [2.45, 2.75) is 26.3 Å². The molecule has 0 amide bonds. The molecule has 0 bridgehead atoms. The highest BCUT2D eigenvalue weighted by atomic mass is 31.1. The van der Waals surface area contributed by atoms with Gasteiger partial charge in [-0.25, -0.2) is 0 Å². The van der Waals surface area contributed by atoms with E-state index in [9.17, 15) is 14.2 Å². The molecule has 0 radical (unpaired) electrons. The third-order valence-electron chi connectivity index (χ3n) is 1.21. The summed E-state index contributed by atoms with van der Waals surface area (Å²) in [5.74, 6) is -2.50. The van der Waals surface area contributed by atoms with Gasteiger partial charge in [-0.1, -0.05) is 12.5 Å². The van der Waals surface area contributed by atoms with Crippen LogP contribution in [0.25, 0.3) is 0 Å². The molecular weight excluding hydrogens is 213 g/mol. The molecule has 4 N–H and O–H groups in total. The van der Waals surface area contributed by atoms with Gasteiger partial charge in [0.1, 0.15) is 0 Å². The Morgan fingerprint density at radius 2 is 1.86 bits per heavy atom. The van der Waals surface area contributed by atoms with Crippen LogP contribution in [0.3, 0.4) is 0 Å². The standard InChI is InChI=1S/C5H8NO6P.CH4/c7-4(8)2-1-3(5(9)10)6-13(11)12;/h3H,1-2H2,(H3-,6,7,8,9,10,11,12);1H4/p+1. The highest BCUT2D eigenvalue weighted by Crippen LogP contribution is 2.10. The molecule has 0 heterocycles. The number of hydrogen-bond acceptors (Lipinski definition) is 3. The van der Waals surface area contributed by atoms with Gasteiger partial charge < -0.3 is 10.2 Å². The van der Waals surface area contributed by atoms with E-state index in [1.54, 1.807) is 0 Å². The largest absolute Gasteiger partial charge is 0.611 e. The zero-order valence-electron chi connectivity index (χ0n) is 6.51. The molecule has 8 heteroatoms. The summed E-state index contributed by atoms with van der Waals surface area (Å²) in [5, 5.41) is 18.5. The van der Waals surface area contributed by atoms with E-state index in [4.69, 9.17) is 15.1 Å². The van der Waals surface area contributed by atoms with E-state index in [0.717, 1.165) is 0 Å². The lowest BCUT2D eigenvalue weighted by atomic mass is 10.2. The monoisotopic (exact) mass is 226 g/mol. The van der Waals surface area contributed by atoms with Crippen LogP contribution in [-0.4, -0.2) is 33.1 Å². The van der Waals surface area contributed by atoms with Gasteiger partial charge in [0.2, 0.25) is 0 Å². The molecule has 14 heavy (non-hydrogen) atoms. The summed E-state index contributed by atoms with van der Waals surface area (Å²) in [6.07, 6.45) is -0.598. The van der Waals surface area contributed by atoms with Crippen molar-refractivity contribution in [3.63, 3.8) is 0 Å². The molecule has 0 aliphatic heterocycles. The van der Waals surface area contributed by atoms with Gasteiger partial charge in [-0.05, 0) is 11.0 Å². The maximum Gasteiger partial charge on any atom is 0.611 e. The Morgan fingerprint density at radius 1 is 1.36 bits per heavy atom. The average Bonchev–Trinajstić information content (AvgIpc) is 1.96. The Balaban J connectivity index is 0. The first-order valence-electron chi connectivity index (χ1n) is 3.30. The first kappa shape index (κ1) is 15.4. The highest BCUT2D eigenvalue weighted by Gasteiger charge is 2.26. The fourth-order valence-electron chi connectivity index (χ4n) is 0.644. The Kier molecular flexibility index (Phi) is 8.13. The quantitative estimate of drug-likeness (QED) is 0.476. The predicted octanol–water partition coefficient (Wildman–Crippen LogP) is 0.180. The van der Waals surface area contributed by atoms with Crippen LogP contribution in [0.5, 0.6) is 0 Å². The highest BCUT2D eigenvalue weighted by molar-refractivity contribution is 7.35. The summed E-state index contributed by atoms with van der Waals surface area (Å²) in [5.41, 5.74) is 0. The van der Waals surface area contributed by atoms with Crippen LogP contribution < -0.4 is 5.09 Å². The lowest BCUT2D eigenvalue weighted by Gasteiger charge is -2.03. The molecule has 0 aromatic heterocycles. The molecule has 7 nitrogen and oxygen atoms in total. The van der Waals surface area contributed by atoms with Crippen molar-refractivity contribution in [1.29, 1.82) is 0 Å². The molecule has 2 unspecified atom stereocenters. The molecule has 0 rings (SSSR count). The molecule has 0 aromatic rings. The SMILES string of the molecule is C.O=C(O)CCC(N[P+](=O)O)C(=O)O. The van der Waals surface area contributed by atoms with Crippen molar-refractivity contribution < 1.29 is 29.3 Å². The first-order valence-corrected chi connectivity index (χ1v) is 4.51. The van der Waals surface area contributed by atoms with Gasteiger partial charge in [-0.2, -0.15) is 0 Å². The van der Waals surface area contributed by atoms with E-state index < -0.39 is 26.2 Å². The van der Waals surface area contributed by atoms with Gasteiger partial charge in [-0.3, -0.25) is 9.59 Å². The van der Waals surface area contributed by atoms with Crippen molar-refractivity contribution in [2.75, 3.05) is 0 Å². The third-order valence-corrected chi connectivity index (χ3v) is 1.74. The minimum Gasteiger partial charge on any atom is -0.481 e. The Bertz CT molecular complexity index is 230. The van der Waals surface area contributed by atoms with Crippen molar-refractivity contribution in [2.24, 2.45) is 0 Å². The molecule has 0 saturated carbocycles. The maximum atomic E-state index is 10.4. The summed E-state index contributed by atoms with van der Waals surface area (Å²) < 4.78 is 10.2. The van der Waals surface area contributed by atoms with Crippen LogP contribution in [0, 0.1) is 0 Å². The van der Waals surface area contributed by atoms with E-state index in [1.165, 1.54) is 0 Å². The number of carboxylic acid groups (broad SMARTS) is 2. The molecule has 2 atom stereocenters. The molecule has 0 spiro atoms. The zero-order valence-corrected chi connectivity index (χ0v) is 7.40. The van der Waals surface area contributed by atoms with Crippen molar-refractivity contribution in [3.8, 4) is 0 Å². The number of aliphatic carboxylic acids is 2. The molecule has 0 aliphatic carbocycles. The summed E-state index contributed by atoms with van der Waals surface area (Å²) in [6.45, 7) is 0. The summed E-state index contributed by atoms with van der Waals surface area (Å²) >= 11 is 0. The van der Waals surface area contributed by atoms with Crippen LogP contribution in [0.2, 0.25) is 0 Å². The molecule has 0 aromatic carbocycles. The summed E-state index contributed by atoms with van der Waals surface area (Å²) in [7, 11) is -2.78. The molecular formula is C6H13NO6P+. The van der Waals surface area contributed by atoms with Gasteiger partial charge in [0, 0.05) is 6.42 Å². The normalized spacial score (nSPS) is 12.5. The fraction of sp³-hybridized carbons (Fsp3) is 0.667. The van der Waals surface area contributed by atoms with Crippen LogP contribution >= 0.6 is 8.18 Å². The molecule has 82 valence electrons. The van der Waals surface area contributed by atoms with Gasteiger partial charge >= 0.3 is 20.1 Å². The minimum atomic E-state index is -2.78. The summed E-state index contributed by atoms with van der Waals surface area (Å²) in [4.78, 5) is 28.7. The van der Waals surface area contributed by atoms with Crippen LogP contribution in [0.1, 0.15) is 20.3 Å². The van der Waals surface area contributed by atoms with E-state index in [2.05, 4.69) is 0 Å². The lowest BCUT2D eigenvalue weighted by Crippen LogP contribution is -2.32. The number of carbonyl (C=O) groups is 2. The first-order chi connectivity index (χ1) is 5.93. The van der Waals surface area contributed by atoms with Crippen LogP contribution in [0.4, 0.5) is 0 Å². The molecule has 0 aliphatic rings. The lowest BCUT2D eigenvalue weighted by molar-refractivity contribution is -0.140. The predicted molar refractivity (Wildman–Crippen MR) is 48.0 cm³/mol. The maximum absolute atomic E-state index is 10.4. The van der Waals surface area contributed by atoms with E-state index in [0.29, 0.717) is 0 Å². The van der Waals surface area contributed by atoms with E-state index in [1.807, 2.05) is 5.09 Å². The Hall–Kier alpha value is -1.04. The van der Waals surface area contributed by atoms with Crippen LogP contribution in [-0.2, 0) is 14.2 Å². The Labute approximate surface area is 81.7 Å². The van der Waals surface area contributed by atoms with Gasteiger partial charge in [0.25, 0.3) is 0 Å². The van der Waals surface area contributed by atoms with E-state index >= 15 is 0 Å². The van der Waals surface area contributed by atoms with Crippen molar-refractivity contribution in [1.82, 2.24) is 5.09 Å². The number of nitrogens with one attached hydrogen (secondary N) is 1. The summed E-state index contributed by atoms with van der Waals surface area (Å²) in [6, 6.07) is -1.30. The smallest absolute Gasteiger partial charge is 0.481 e. The Morgan fingerprint density at radius 3 is 2.14 bits per heavy atom. The average molecular weight is 226 g/mol. The van der Waals surface area contributed by atoms with Crippen molar-refractivity contribution >= 4 is 20.1 Å². The second-order valence-corrected chi connectivity index (χ2v) is 3.03. The number of rotatable bonds is 6. The number of hydrogen-bond donors (Lipinski definition) is 4. The van der Waals surface area contributed by atoms with Crippen LogP contribution in [0.15, 0.2) is 0 Å². The van der Waals surface area contributed by atoms with Gasteiger partial charge in [-0.15, -0.1) is 4.89 Å². The molecule has 0 fully saturated rings. The third kappa shape index (κ3) is 7.60. The second-order valence-electron chi connectivity index (χ2n) is 2.23. The van der Waals surface area contributed by atoms with Crippen molar-refractivity contribution in [3.05, 3.63) is 0 Å². The molecule has 0 saturated heterocycles. The topological polar surface area (TPSA) is 124 Å². The fourth-order valence-corrected chi connectivity index (χ4v) is 1.15. The zero-order chi connectivity index (χ0) is 10.4. The minimum absolute atomic E-state index is 0. The second kappa shape index (κ2) is 7.37.